The van der Waals surface area contributed by atoms with Gasteiger partial charge in [0.1, 0.15) is 0 Å². The van der Waals surface area contributed by atoms with Crippen LogP contribution >= 0.6 is 11.3 Å². The Balaban J connectivity index is 2.11. The van der Waals surface area contributed by atoms with Crippen LogP contribution < -0.4 is 0 Å². The summed E-state index contributed by atoms with van der Waals surface area (Å²) in [7, 11) is 1.65. The lowest BCUT2D eigenvalue weighted by Gasteiger charge is -2.09. The first-order valence-corrected chi connectivity index (χ1v) is 4.87. The maximum Gasteiger partial charge on any atom is 0.154 e. The third-order valence-corrected chi connectivity index (χ3v) is 2.55. The predicted molar refractivity (Wildman–Crippen MR) is 50.4 cm³/mol. The van der Waals surface area contributed by atoms with Crippen molar-refractivity contribution in [1.82, 2.24) is 0 Å². The monoisotopic (exact) mass is 186 g/mol. The van der Waals surface area contributed by atoms with E-state index in [1.165, 1.54) is 4.88 Å². The first kappa shape index (κ1) is 9.71. The van der Waals surface area contributed by atoms with Gasteiger partial charge >= 0.3 is 0 Å². The van der Waals surface area contributed by atoms with Crippen molar-refractivity contribution in [3.05, 3.63) is 22.4 Å². The first-order valence-electron chi connectivity index (χ1n) is 3.99. The zero-order valence-electron chi connectivity index (χ0n) is 7.45. The summed E-state index contributed by atoms with van der Waals surface area (Å²) in [5.41, 5.74) is 0. The van der Waals surface area contributed by atoms with Gasteiger partial charge in [0.25, 0.3) is 0 Å². The molecule has 0 amide bonds. The standard InChI is InChI=1S/C9H14O2S/c1-8(10-2)11-6-5-9-4-3-7-12-9/h3-4,7-8H,5-6H2,1-2H3. The van der Waals surface area contributed by atoms with Gasteiger partial charge in [-0.3, -0.25) is 0 Å². The number of hydrogen-bond acceptors (Lipinski definition) is 3. The maximum atomic E-state index is 5.35. The van der Waals surface area contributed by atoms with Gasteiger partial charge in [-0.25, -0.2) is 0 Å². The molecule has 1 unspecified atom stereocenters. The molecule has 0 saturated carbocycles. The molecule has 0 radical (unpaired) electrons. The lowest BCUT2D eigenvalue weighted by molar-refractivity contribution is -0.109. The van der Waals surface area contributed by atoms with Gasteiger partial charge in [-0.2, -0.15) is 0 Å². The topological polar surface area (TPSA) is 18.5 Å². The summed E-state index contributed by atoms with van der Waals surface area (Å²) >= 11 is 1.76. The summed E-state index contributed by atoms with van der Waals surface area (Å²) in [5, 5.41) is 2.08. The van der Waals surface area contributed by atoms with Crippen molar-refractivity contribution < 1.29 is 9.47 Å². The second kappa shape index (κ2) is 5.30. The molecule has 0 spiro atoms. The molecule has 0 fully saturated rings. The molecule has 0 saturated heterocycles. The number of rotatable bonds is 5. The van der Waals surface area contributed by atoms with Crippen LogP contribution in [0.15, 0.2) is 17.5 Å². The van der Waals surface area contributed by atoms with E-state index < -0.39 is 0 Å². The third kappa shape index (κ3) is 3.34. The Bertz CT molecular complexity index is 196. The predicted octanol–water partition coefficient (Wildman–Crippen LogP) is 2.30. The maximum absolute atomic E-state index is 5.35. The van der Waals surface area contributed by atoms with Crippen molar-refractivity contribution in [3.63, 3.8) is 0 Å². The normalized spacial score (nSPS) is 13.2. The molecule has 0 bridgehead atoms. The number of thiophene rings is 1. The molecule has 0 N–H and O–H groups in total. The lowest BCUT2D eigenvalue weighted by Crippen LogP contribution is -2.11. The van der Waals surface area contributed by atoms with Crippen LogP contribution in [0.25, 0.3) is 0 Å². The van der Waals surface area contributed by atoms with Crippen LogP contribution in [0.5, 0.6) is 0 Å². The van der Waals surface area contributed by atoms with E-state index in [0.29, 0.717) is 0 Å². The van der Waals surface area contributed by atoms with Gasteiger partial charge < -0.3 is 9.47 Å². The molecule has 0 aliphatic carbocycles. The van der Waals surface area contributed by atoms with Gasteiger partial charge in [0, 0.05) is 18.4 Å². The Hall–Kier alpha value is -0.380. The Labute approximate surface area is 77.1 Å². The average molecular weight is 186 g/mol. The second-order valence-electron chi connectivity index (χ2n) is 2.50. The van der Waals surface area contributed by atoms with Crippen molar-refractivity contribution in [2.24, 2.45) is 0 Å². The van der Waals surface area contributed by atoms with Gasteiger partial charge in [-0.15, -0.1) is 11.3 Å². The van der Waals surface area contributed by atoms with E-state index in [1.807, 2.05) is 6.92 Å². The zero-order valence-corrected chi connectivity index (χ0v) is 8.26. The third-order valence-electron chi connectivity index (χ3n) is 1.61. The SMILES string of the molecule is COC(C)OCCc1cccs1. The quantitative estimate of drug-likeness (QED) is 0.657. The van der Waals surface area contributed by atoms with E-state index in [9.17, 15) is 0 Å². The summed E-state index contributed by atoms with van der Waals surface area (Å²) in [4.78, 5) is 1.36. The Morgan fingerprint density at radius 2 is 2.42 bits per heavy atom. The van der Waals surface area contributed by atoms with Gasteiger partial charge in [0.15, 0.2) is 6.29 Å². The molecule has 1 heterocycles. The largest absolute Gasteiger partial charge is 0.356 e. The van der Waals surface area contributed by atoms with Gasteiger partial charge in [-0.05, 0) is 18.4 Å². The molecule has 0 aliphatic rings. The smallest absolute Gasteiger partial charge is 0.154 e. The molecular weight excluding hydrogens is 172 g/mol. The van der Waals surface area contributed by atoms with Crippen molar-refractivity contribution in [2.45, 2.75) is 19.6 Å². The van der Waals surface area contributed by atoms with Crippen LogP contribution in [0.4, 0.5) is 0 Å². The fourth-order valence-corrected chi connectivity index (χ4v) is 1.54. The molecule has 68 valence electrons. The fourth-order valence-electron chi connectivity index (χ4n) is 0.848. The molecule has 1 rings (SSSR count). The lowest BCUT2D eigenvalue weighted by atomic mass is 10.4. The molecule has 12 heavy (non-hydrogen) atoms. The fraction of sp³-hybridized carbons (Fsp3) is 0.556. The number of ether oxygens (including phenoxy) is 2. The van der Waals surface area contributed by atoms with E-state index in [4.69, 9.17) is 9.47 Å². The van der Waals surface area contributed by atoms with Crippen molar-refractivity contribution >= 4 is 11.3 Å². The highest BCUT2D eigenvalue weighted by Gasteiger charge is 1.98. The minimum absolute atomic E-state index is 0.0926. The highest BCUT2D eigenvalue weighted by atomic mass is 32.1. The molecular formula is C9H14O2S. The minimum Gasteiger partial charge on any atom is -0.356 e. The Morgan fingerprint density at radius 1 is 1.58 bits per heavy atom. The van der Waals surface area contributed by atoms with Crippen LogP contribution in [0, 0.1) is 0 Å². The molecule has 0 aromatic carbocycles. The van der Waals surface area contributed by atoms with E-state index in [-0.39, 0.29) is 6.29 Å². The summed E-state index contributed by atoms with van der Waals surface area (Å²) in [5.74, 6) is 0. The molecule has 0 aliphatic heterocycles. The molecule has 2 nitrogen and oxygen atoms in total. The Kier molecular flexibility index (Phi) is 4.29. The Morgan fingerprint density at radius 3 is 3.00 bits per heavy atom. The van der Waals surface area contributed by atoms with E-state index >= 15 is 0 Å². The molecule has 3 heteroatoms. The number of hydrogen-bond donors (Lipinski definition) is 0. The highest BCUT2D eigenvalue weighted by Crippen LogP contribution is 2.09. The second-order valence-corrected chi connectivity index (χ2v) is 3.54. The van der Waals surface area contributed by atoms with Gasteiger partial charge in [0.2, 0.25) is 0 Å². The minimum atomic E-state index is -0.0926. The van der Waals surface area contributed by atoms with E-state index in [0.717, 1.165) is 13.0 Å². The summed E-state index contributed by atoms with van der Waals surface area (Å²) in [6, 6.07) is 4.17. The highest BCUT2D eigenvalue weighted by molar-refractivity contribution is 7.09. The van der Waals surface area contributed by atoms with E-state index in [1.54, 1.807) is 18.4 Å². The van der Waals surface area contributed by atoms with Gasteiger partial charge in [-0.1, -0.05) is 6.07 Å². The summed E-state index contributed by atoms with van der Waals surface area (Å²) in [6.07, 6.45) is 0.885. The van der Waals surface area contributed by atoms with Crippen LogP contribution in [0.2, 0.25) is 0 Å². The van der Waals surface area contributed by atoms with Crippen molar-refractivity contribution in [3.8, 4) is 0 Å². The average Bonchev–Trinajstić information content (AvgIpc) is 2.57. The molecule has 1 aromatic heterocycles. The first-order chi connectivity index (χ1) is 5.83. The van der Waals surface area contributed by atoms with Crippen molar-refractivity contribution in [1.29, 1.82) is 0 Å². The summed E-state index contributed by atoms with van der Waals surface area (Å²) in [6.45, 7) is 2.63. The summed E-state index contributed by atoms with van der Waals surface area (Å²) < 4.78 is 10.3. The molecule has 1 atom stereocenters. The van der Waals surface area contributed by atoms with E-state index in [2.05, 4.69) is 17.5 Å². The van der Waals surface area contributed by atoms with Crippen molar-refractivity contribution in [2.75, 3.05) is 13.7 Å². The number of methoxy groups -OCH3 is 1. The van der Waals surface area contributed by atoms with Gasteiger partial charge in [0.05, 0.1) is 6.61 Å². The van der Waals surface area contributed by atoms with Crippen LogP contribution in [-0.2, 0) is 15.9 Å². The zero-order chi connectivity index (χ0) is 8.81. The van der Waals surface area contributed by atoms with Crippen LogP contribution in [0.1, 0.15) is 11.8 Å². The molecule has 1 aromatic rings. The van der Waals surface area contributed by atoms with Crippen LogP contribution in [0.3, 0.4) is 0 Å². The van der Waals surface area contributed by atoms with Crippen LogP contribution in [-0.4, -0.2) is 20.0 Å².